The third-order valence-corrected chi connectivity index (χ3v) is 2.66. The number of nitrogens with zero attached hydrogens (tertiary/aromatic N) is 3. The van der Waals surface area contributed by atoms with Crippen LogP contribution in [0, 0.1) is 0 Å². The second-order valence-electron chi connectivity index (χ2n) is 3.93. The molecule has 0 amide bonds. The Bertz CT molecular complexity index is 518. The van der Waals surface area contributed by atoms with Gasteiger partial charge in [-0.3, -0.25) is 0 Å². The van der Waals surface area contributed by atoms with Crippen molar-refractivity contribution < 1.29 is 4.74 Å². The molecule has 0 saturated carbocycles. The van der Waals surface area contributed by atoms with E-state index < -0.39 is 0 Å². The second-order valence-corrected chi connectivity index (χ2v) is 4.33. The van der Waals surface area contributed by atoms with Gasteiger partial charge in [-0.1, -0.05) is 24.6 Å². The minimum atomic E-state index is 0.498. The zero-order valence-corrected chi connectivity index (χ0v) is 11.4. The number of hydrogen-bond donors (Lipinski definition) is 1. The van der Waals surface area contributed by atoms with Gasteiger partial charge < -0.3 is 10.1 Å². The van der Waals surface area contributed by atoms with Gasteiger partial charge in [-0.15, -0.1) is 0 Å². The van der Waals surface area contributed by atoms with Crippen molar-refractivity contribution in [1.82, 2.24) is 15.0 Å². The van der Waals surface area contributed by atoms with E-state index in [4.69, 9.17) is 16.3 Å². The van der Waals surface area contributed by atoms with Crippen molar-refractivity contribution in [3.8, 4) is 5.88 Å². The Balaban J connectivity index is 1.91. The average molecular weight is 279 g/mol. The fourth-order valence-electron chi connectivity index (χ4n) is 1.44. The van der Waals surface area contributed by atoms with Crippen molar-refractivity contribution in [3.63, 3.8) is 0 Å². The second kappa shape index (κ2) is 6.89. The van der Waals surface area contributed by atoms with Crippen LogP contribution in [-0.4, -0.2) is 21.6 Å². The van der Waals surface area contributed by atoms with E-state index in [0.29, 0.717) is 29.9 Å². The molecule has 100 valence electrons. The molecule has 2 aromatic heterocycles. The van der Waals surface area contributed by atoms with E-state index in [-0.39, 0.29) is 0 Å². The summed E-state index contributed by atoms with van der Waals surface area (Å²) in [6.45, 7) is 3.34. The molecular formula is C13H15ClN4O. The largest absolute Gasteiger partial charge is 0.478 e. The van der Waals surface area contributed by atoms with E-state index in [1.807, 2.05) is 12.1 Å². The van der Waals surface area contributed by atoms with Gasteiger partial charge in [-0.05, 0) is 12.0 Å². The Morgan fingerprint density at radius 2 is 2.16 bits per heavy atom. The number of nitrogens with one attached hydrogen (secondary N) is 1. The van der Waals surface area contributed by atoms with Crippen molar-refractivity contribution in [2.45, 2.75) is 19.9 Å². The van der Waals surface area contributed by atoms with Gasteiger partial charge in [0.05, 0.1) is 12.8 Å². The molecule has 6 heteroatoms. The smallest absolute Gasteiger partial charge is 0.213 e. The summed E-state index contributed by atoms with van der Waals surface area (Å²) in [6.07, 6.45) is 5.75. The van der Waals surface area contributed by atoms with Crippen LogP contribution >= 0.6 is 11.6 Å². The molecule has 19 heavy (non-hydrogen) atoms. The van der Waals surface area contributed by atoms with Crippen LogP contribution in [0.3, 0.4) is 0 Å². The van der Waals surface area contributed by atoms with Gasteiger partial charge >= 0.3 is 0 Å². The van der Waals surface area contributed by atoms with Crippen molar-refractivity contribution in [2.75, 3.05) is 11.9 Å². The van der Waals surface area contributed by atoms with Crippen LogP contribution in [0.5, 0.6) is 5.88 Å². The first kappa shape index (κ1) is 13.5. The zero-order chi connectivity index (χ0) is 13.5. The maximum absolute atomic E-state index is 5.95. The Labute approximate surface area is 117 Å². The van der Waals surface area contributed by atoms with E-state index >= 15 is 0 Å². The molecule has 1 N–H and O–H groups in total. The molecule has 0 radical (unpaired) electrons. The Morgan fingerprint density at radius 1 is 1.26 bits per heavy atom. The minimum Gasteiger partial charge on any atom is -0.478 e. The van der Waals surface area contributed by atoms with E-state index in [1.165, 1.54) is 6.33 Å². The molecule has 0 saturated heterocycles. The Kier molecular flexibility index (Phi) is 4.92. The van der Waals surface area contributed by atoms with Gasteiger partial charge in [0.1, 0.15) is 17.2 Å². The average Bonchev–Trinajstić information content (AvgIpc) is 2.45. The lowest BCUT2D eigenvalue weighted by Gasteiger charge is -2.07. The highest BCUT2D eigenvalue weighted by molar-refractivity contribution is 6.32. The highest BCUT2D eigenvalue weighted by Crippen LogP contribution is 2.17. The molecule has 0 aliphatic carbocycles. The predicted octanol–water partition coefficient (Wildman–Crippen LogP) is 2.93. The molecular weight excluding hydrogens is 264 g/mol. The third-order valence-electron chi connectivity index (χ3n) is 2.38. The molecule has 0 aromatic carbocycles. The number of aromatic nitrogens is 3. The summed E-state index contributed by atoms with van der Waals surface area (Å²) in [7, 11) is 0. The molecule has 0 spiro atoms. The van der Waals surface area contributed by atoms with Crippen LogP contribution in [0.4, 0.5) is 5.82 Å². The topological polar surface area (TPSA) is 59.9 Å². The molecule has 0 aliphatic rings. The minimum absolute atomic E-state index is 0.498. The van der Waals surface area contributed by atoms with Crippen molar-refractivity contribution in [3.05, 3.63) is 41.4 Å². The molecule has 0 aliphatic heterocycles. The molecule has 2 heterocycles. The predicted molar refractivity (Wildman–Crippen MR) is 74.4 cm³/mol. The highest BCUT2D eigenvalue weighted by Gasteiger charge is 2.01. The molecule has 0 fully saturated rings. The van der Waals surface area contributed by atoms with Gasteiger partial charge in [0, 0.05) is 18.8 Å². The first-order chi connectivity index (χ1) is 9.29. The lowest BCUT2D eigenvalue weighted by Crippen LogP contribution is -2.03. The standard InChI is InChI=1S/C13H15ClN4O/c1-2-5-19-12-4-3-10(6-16-12)7-17-13-11(14)8-15-9-18-13/h3-4,6,8-9H,2,5,7H2,1H3,(H,15,17,18). The SMILES string of the molecule is CCCOc1ccc(CNc2ncncc2Cl)cn1. The highest BCUT2D eigenvalue weighted by atomic mass is 35.5. The zero-order valence-electron chi connectivity index (χ0n) is 10.6. The summed E-state index contributed by atoms with van der Waals surface area (Å²) in [5.41, 5.74) is 1.03. The normalized spacial score (nSPS) is 10.2. The number of pyridine rings is 1. The molecule has 2 rings (SSSR count). The van der Waals surface area contributed by atoms with Gasteiger partial charge in [0.25, 0.3) is 0 Å². The van der Waals surface area contributed by atoms with E-state index in [0.717, 1.165) is 12.0 Å². The summed E-state index contributed by atoms with van der Waals surface area (Å²) in [5, 5.41) is 3.63. The Hall–Kier alpha value is -1.88. The fourth-order valence-corrected chi connectivity index (χ4v) is 1.61. The van der Waals surface area contributed by atoms with E-state index in [9.17, 15) is 0 Å². The monoisotopic (exact) mass is 278 g/mol. The van der Waals surface area contributed by atoms with Crippen LogP contribution in [0.1, 0.15) is 18.9 Å². The van der Waals surface area contributed by atoms with Gasteiger partial charge in [-0.2, -0.15) is 0 Å². The van der Waals surface area contributed by atoms with Crippen LogP contribution in [0.2, 0.25) is 5.02 Å². The number of hydrogen-bond acceptors (Lipinski definition) is 5. The first-order valence-electron chi connectivity index (χ1n) is 6.06. The summed E-state index contributed by atoms with van der Waals surface area (Å²) >= 11 is 5.95. The molecule has 0 bridgehead atoms. The summed E-state index contributed by atoms with van der Waals surface area (Å²) in [6, 6.07) is 3.81. The molecule has 0 atom stereocenters. The van der Waals surface area contributed by atoms with Gasteiger partial charge in [0.15, 0.2) is 0 Å². The fraction of sp³-hybridized carbons (Fsp3) is 0.308. The lowest BCUT2D eigenvalue weighted by molar-refractivity contribution is 0.305. The summed E-state index contributed by atoms with van der Waals surface area (Å²) in [4.78, 5) is 12.1. The van der Waals surface area contributed by atoms with Crippen LogP contribution in [-0.2, 0) is 6.54 Å². The maximum Gasteiger partial charge on any atom is 0.213 e. The third kappa shape index (κ3) is 4.06. The maximum atomic E-state index is 5.95. The van der Waals surface area contributed by atoms with Gasteiger partial charge in [-0.25, -0.2) is 15.0 Å². The van der Waals surface area contributed by atoms with Crippen molar-refractivity contribution >= 4 is 17.4 Å². The number of anilines is 1. The Morgan fingerprint density at radius 3 is 2.84 bits per heavy atom. The first-order valence-corrected chi connectivity index (χ1v) is 6.44. The van der Waals surface area contributed by atoms with Crippen LogP contribution in [0.25, 0.3) is 0 Å². The van der Waals surface area contributed by atoms with E-state index in [1.54, 1.807) is 12.4 Å². The number of rotatable bonds is 6. The van der Waals surface area contributed by atoms with Crippen LogP contribution in [0.15, 0.2) is 30.9 Å². The molecule has 2 aromatic rings. The van der Waals surface area contributed by atoms with Gasteiger partial charge in [0.2, 0.25) is 5.88 Å². The number of halogens is 1. The van der Waals surface area contributed by atoms with Crippen molar-refractivity contribution in [2.24, 2.45) is 0 Å². The molecule has 0 unspecified atom stereocenters. The number of ether oxygens (including phenoxy) is 1. The lowest BCUT2D eigenvalue weighted by atomic mass is 10.3. The summed E-state index contributed by atoms with van der Waals surface area (Å²) in [5.74, 6) is 1.26. The van der Waals surface area contributed by atoms with Crippen LogP contribution < -0.4 is 10.1 Å². The van der Waals surface area contributed by atoms with Crippen molar-refractivity contribution in [1.29, 1.82) is 0 Å². The van der Waals surface area contributed by atoms with E-state index in [2.05, 4.69) is 27.2 Å². The quantitative estimate of drug-likeness (QED) is 0.880. The summed E-state index contributed by atoms with van der Waals surface area (Å²) < 4.78 is 5.42. The molecule has 5 nitrogen and oxygen atoms in total.